The van der Waals surface area contributed by atoms with Gasteiger partial charge in [0.25, 0.3) is 0 Å². The summed E-state index contributed by atoms with van der Waals surface area (Å²) < 4.78 is 15.8. The Hall–Kier alpha value is -2.30. The van der Waals surface area contributed by atoms with Crippen LogP contribution >= 0.6 is 0 Å². The van der Waals surface area contributed by atoms with Crippen LogP contribution in [-0.2, 0) is 16.0 Å². The van der Waals surface area contributed by atoms with Crippen LogP contribution < -0.4 is 5.75 Å². The first-order chi connectivity index (χ1) is 11.1. The second-order valence-corrected chi connectivity index (χ2v) is 5.65. The highest BCUT2D eigenvalue weighted by molar-refractivity contribution is 5.74. The van der Waals surface area contributed by atoms with Crippen LogP contribution in [0.4, 0.5) is 5.69 Å². The van der Waals surface area contributed by atoms with Gasteiger partial charge in [0.15, 0.2) is 0 Å². The summed E-state index contributed by atoms with van der Waals surface area (Å²) in [6, 6.07) is 7.39. The molecular formula is C18H23NO4. The number of carbonyl (C=O) groups is 1. The number of nitrogens with zero attached hydrogens (tertiary/aromatic N) is 1. The molecule has 2 aromatic rings. The van der Waals surface area contributed by atoms with E-state index in [1.165, 1.54) is 6.26 Å². The minimum absolute atomic E-state index is 0.167. The van der Waals surface area contributed by atoms with E-state index in [1.54, 1.807) is 6.92 Å². The number of benzene rings is 1. The highest BCUT2D eigenvalue weighted by atomic mass is 16.5. The van der Waals surface area contributed by atoms with E-state index in [2.05, 4.69) is 18.8 Å². The third-order valence-electron chi connectivity index (χ3n) is 3.68. The van der Waals surface area contributed by atoms with Gasteiger partial charge in [-0.1, -0.05) is 38.5 Å². The fourth-order valence-electron chi connectivity index (χ4n) is 2.02. The monoisotopic (exact) mass is 317 g/mol. The molecule has 0 bridgehead atoms. The van der Waals surface area contributed by atoms with E-state index in [-0.39, 0.29) is 18.1 Å². The Balaban J connectivity index is 2.02. The number of ether oxygens (including phenoxy) is 1. The lowest BCUT2D eigenvalue weighted by Crippen LogP contribution is -2.11. The van der Waals surface area contributed by atoms with Crippen LogP contribution in [0.1, 0.15) is 38.0 Å². The van der Waals surface area contributed by atoms with Crippen molar-refractivity contribution in [2.24, 2.45) is 10.9 Å². The van der Waals surface area contributed by atoms with Crippen molar-refractivity contribution in [3.8, 4) is 0 Å². The Morgan fingerprint density at radius 1 is 1.35 bits per heavy atom. The highest BCUT2D eigenvalue weighted by Crippen LogP contribution is 2.19. The first-order valence-corrected chi connectivity index (χ1v) is 7.92. The van der Waals surface area contributed by atoms with Crippen LogP contribution in [0.3, 0.4) is 0 Å². The molecule has 0 N–H and O–H groups in total. The van der Waals surface area contributed by atoms with Crippen molar-refractivity contribution in [3.63, 3.8) is 0 Å². The third-order valence-corrected chi connectivity index (χ3v) is 3.68. The smallest absolute Gasteiger partial charge is 0.399 e. The van der Waals surface area contributed by atoms with Crippen molar-refractivity contribution in [2.75, 3.05) is 6.61 Å². The molecule has 0 saturated heterocycles. The average Bonchev–Trinajstić information content (AvgIpc) is 2.94. The van der Waals surface area contributed by atoms with Crippen LogP contribution in [-0.4, -0.2) is 12.6 Å². The summed E-state index contributed by atoms with van der Waals surface area (Å²) in [4.78, 5) is 16.3. The predicted molar refractivity (Wildman–Crippen MR) is 86.1 cm³/mol. The van der Waals surface area contributed by atoms with E-state index < -0.39 is 0 Å². The van der Waals surface area contributed by atoms with Gasteiger partial charge in [-0.2, -0.15) is 4.99 Å². The Morgan fingerprint density at radius 3 is 2.83 bits per heavy atom. The molecule has 0 saturated carbocycles. The van der Waals surface area contributed by atoms with Gasteiger partial charge in [0.05, 0.1) is 18.7 Å². The second-order valence-electron chi connectivity index (χ2n) is 5.65. The number of carbonyl (C=O) groups excluding carboxylic acids is 1. The zero-order valence-electron chi connectivity index (χ0n) is 13.9. The average molecular weight is 317 g/mol. The molecule has 0 fully saturated rings. The van der Waals surface area contributed by atoms with E-state index in [9.17, 15) is 4.79 Å². The quantitative estimate of drug-likeness (QED) is 0.726. The maximum Gasteiger partial charge on any atom is 0.399 e. The molecule has 1 heterocycles. The topological polar surface area (TPSA) is 64.9 Å². The molecule has 0 radical (unpaired) electrons. The summed E-state index contributed by atoms with van der Waals surface area (Å²) >= 11 is 0. The van der Waals surface area contributed by atoms with Crippen LogP contribution in [0.15, 0.2) is 44.4 Å². The van der Waals surface area contributed by atoms with E-state index in [0.717, 1.165) is 18.4 Å². The summed E-state index contributed by atoms with van der Waals surface area (Å²) in [7, 11) is 0. The van der Waals surface area contributed by atoms with Gasteiger partial charge in [-0.15, -0.1) is 0 Å². The van der Waals surface area contributed by atoms with Gasteiger partial charge < -0.3 is 13.6 Å². The van der Waals surface area contributed by atoms with E-state index in [1.807, 2.05) is 24.3 Å². The van der Waals surface area contributed by atoms with Gasteiger partial charge in [-0.3, -0.25) is 4.79 Å². The number of rotatable bonds is 7. The van der Waals surface area contributed by atoms with Crippen LogP contribution in [0.2, 0.25) is 0 Å². The zero-order valence-corrected chi connectivity index (χ0v) is 13.9. The molecule has 5 heteroatoms. The normalized spacial score (nSPS) is 13.1. The number of hydrogen-bond acceptors (Lipinski definition) is 5. The van der Waals surface area contributed by atoms with Crippen molar-refractivity contribution in [1.29, 1.82) is 0 Å². The molecule has 1 aromatic carbocycles. The highest BCUT2D eigenvalue weighted by Gasteiger charge is 2.10. The molecule has 0 aliphatic carbocycles. The maximum atomic E-state index is 12.0. The predicted octanol–water partition coefficient (Wildman–Crippen LogP) is 3.94. The molecule has 0 amide bonds. The Labute approximate surface area is 136 Å². The van der Waals surface area contributed by atoms with Crippen LogP contribution in [0, 0.1) is 12.8 Å². The summed E-state index contributed by atoms with van der Waals surface area (Å²) in [5.41, 5.74) is 1.43. The summed E-state index contributed by atoms with van der Waals surface area (Å²) in [5, 5.41) is 0. The van der Waals surface area contributed by atoms with Crippen molar-refractivity contribution in [2.45, 2.75) is 40.0 Å². The van der Waals surface area contributed by atoms with Gasteiger partial charge >= 0.3 is 11.7 Å². The molecule has 1 unspecified atom stereocenters. The first kappa shape index (κ1) is 17.1. The van der Waals surface area contributed by atoms with Crippen molar-refractivity contribution < 1.29 is 18.4 Å². The molecule has 23 heavy (non-hydrogen) atoms. The minimum atomic E-state index is -0.247. The lowest BCUT2D eigenvalue weighted by atomic mass is 10.1. The largest absolute Gasteiger partial charge is 0.465 e. The summed E-state index contributed by atoms with van der Waals surface area (Å²) in [6.07, 6.45) is 3.65. The Morgan fingerprint density at radius 2 is 2.13 bits per heavy atom. The second kappa shape index (κ2) is 8.36. The third kappa shape index (κ3) is 5.43. The van der Waals surface area contributed by atoms with Crippen molar-refractivity contribution in [3.05, 3.63) is 47.6 Å². The zero-order chi connectivity index (χ0) is 16.7. The Kier molecular flexibility index (Phi) is 6.20. The molecule has 0 aliphatic rings. The van der Waals surface area contributed by atoms with E-state index in [0.29, 0.717) is 24.0 Å². The van der Waals surface area contributed by atoms with Crippen LogP contribution in [0.25, 0.3) is 0 Å². The first-order valence-electron chi connectivity index (χ1n) is 7.92. The number of para-hydroxylation sites is 1. The van der Waals surface area contributed by atoms with Crippen molar-refractivity contribution >= 4 is 11.7 Å². The molecule has 1 aromatic heterocycles. The van der Waals surface area contributed by atoms with Crippen LogP contribution in [0.5, 0.6) is 0 Å². The maximum absolute atomic E-state index is 12.0. The number of hydrogen-bond donors (Lipinski definition) is 0. The SMILES string of the molecule is CCC(C)CCOC(=O)Cc1ccccc1N=c1occ(C)o1. The fraction of sp³-hybridized carbons (Fsp3) is 0.444. The molecule has 2 rings (SSSR count). The molecule has 0 aliphatic heterocycles. The molecule has 124 valence electrons. The molecule has 0 spiro atoms. The molecule has 5 nitrogen and oxygen atoms in total. The van der Waals surface area contributed by atoms with E-state index in [4.69, 9.17) is 13.6 Å². The lowest BCUT2D eigenvalue weighted by molar-refractivity contribution is -0.143. The van der Waals surface area contributed by atoms with Gasteiger partial charge in [-0.25, -0.2) is 0 Å². The van der Waals surface area contributed by atoms with Crippen molar-refractivity contribution in [1.82, 2.24) is 0 Å². The van der Waals surface area contributed by atoms with Gasteiger partial charge in [0.1, 0.15) is 12.0 Å². The van der Waals surface area contributed by atoms with Gasteiger partial charge in [-0.05, 0) is 30.9 Å². The molecular weight excluding hydrogens is 294 g/mol. The minimum Gasteiger partial charge on any atom is -0.465 e. The summed E-state index contributed by atoms with van der Waals surface area (Å²) in [5.74, 6) is 1.13. The van der Waals surface area contributed by atoms with E-state index >= 15 is 0 Å². The standard InChI is InChI=1S/C18H23NO4/c1-4-13(2)9-10-21-17(20)11-15-7-5-6-8-16(15)19-18-22-12-14(3)23-18/h5-8,12-13H,4,9-11H2,1-3H3. The number of esters is 1. The Bertz CT molecular complexity index is 699. The molecule has 1 atom stereocenters. The lowest BCUT2D eigenvalue weighted by Gasteiger charge is -2.09. The fourth-order valence-corrected chi connectivity index (χ4v) is 2.02. The van der Waals surface area contributed by atoms with Gasteiger partial charge in [0, 0.05) is 0 Å². The summed E-state index contributed by atoms with van der Waals surface area (Å²) in [6.45, 7) is 6.52. The number of aryl methyl sites for hydroxylation is 1. The van der Waals surface area contributed by atoms with Gasteiger partial charge in [0.2, 0.25) is 0 Å².